The molecule has 84 heavy (non-hydrogen) atoms. The van der Waals surface area contributed by atoms with Gasteiger partial charge in [-0.15, -0.1) is 0 Å². The Morgan fingerprint density at radius 3 is 2.18 bits per heavy atom. The molecule has 4 aromatic rings. The van der Waals surface area contributed by atoms with Gasteiger partial charge in [0.2, 0.25) is 41.4 Å². The molecule has 5 heterocycles. The van der Waals surface area contributed by atoms with Crippen LogP contribution in [0.5, 0.6) is 0 Å². The van der Waals surface area contributed by atoms with Gasteiger partial charge in [-0.3, -0.25) is 52.8 Å². The van der Waals surface area contributed by atoms with Gasteiger partial charge in [0.25, 0.3) is 17.4 Å². The quantitative estimate of drug-likeness (QED) is 0.0189. The maximum Gasteiger partial charge on any atom is 0.343 e. The number of aromatic nitrogens is 2. The number of amides is 9. The molecule has 10 N–H and O–H groups in total. The number of fused-ring (bicyclic) bond motifs is 5. The molecule has 0 spiro atoms. The highest BCUT2D eigenvalue weighted by atomic mass is 19.1. The molecule has 4 aliphatic rings. The number of ether oxygens (including phenoxy) is 1. The van der Waals surface area contributed by atoms with Gasteiger partial charge in [0.15, 0.2) is 5.60 Å². The fourth-order valence-corrected chi connectivity index (χ4v) is 11.0. The second-order valence-electron chi connectivity index (χ2n) is 21.3. The van der Waals surface area contributed by atoms with Gasteiger partial charge < -0.3 is 57.4 Å². The summed E-state index contributed by atoms with van der Waals surface area (Å²) < 4.78 is 22.1. The number of nitrogens with one attached hydrogen (secondary N) is 7. The van der Waals surface area contributed by atoms with Gasteiger partial charge in [-0.1, -0.05) is 43.7 Å². The van der Waals surface area contributed by atoms with Crippen LogP contribution in [-0.2, 0) is 84.3 Å². The van der Waals surface area contributed by atoms with Crippen molar-refractivity contribution in [3.05, 3.63) is 110 Å². The van der Waals surface area contributed by atoms with Crippen LogP contribution in [0.25, 0.3) is 22.3 Å². The maximum atomic E-state index is 15.4. The van der Waals surface area contributed by atoms with E-state index in [0.29, 0.717) is 96.0 Å². The van der Waals surface area contributed by atoms with Crippen LogP contribution < -0.4 is 48.5 Å². The van der Waals surface area contributed by atoms with Crippen LogP contribution in [0.1, 0.15) is 123 Å². The molecule has 0 unspecified atom stereocenters. The van der Waals surface area contributed by atoms with Crippen LogP contribution in [-0.4, -0.2) is 130 Å². The number of rotatable bonds is 28. The van der Waals surface area contributed by atoms with Crippen molar-refractivity contribution in [2.75, 3.05) is 39.3 Å². The average Bonchev–Trinajstić information content (AvgIpc) is 1.59. The monoisotopic (exact) mass is 1160 g/mol. The molecule has 0 radical (unpaired) electrons. The van der Waals surface area contributed by atoms with E-state index in [9.17, 15) is 57.8 Å². The predicted octanol–water partition coefficient (Wildman–Crippen LogP) is 0.702. The first kappa shape index (κ1) is 61.4. The average molecular weight is 1160 g/mol. The summed E-state index contributed by atoms with van der Waals surface area (Å²) in [5.41, 5.74) is 7.68. The lowest BCUT2D eigenvalue weighted by Gasteiger charge is -2.31. The number of aryl methyl sites for hydroxylation is 1. The molecule has 3 aliphatic heterocycles. The highest BCUT2D eigenvalue weighted by Crippen LogP contribution is 2.46. The van der Waals surface area contributed by atoms with Crippen molar-refractivity contribution in [3.63, 3.8) is 0 Å². The van der Waals surface area contributed by atoms with Crippen molar-refractivity contribution < 1.29 is 62.2 Å². The van der Waals surface area contributed by atoms with Gasteiger partial charge in [-0.05, 0) is 99.6 Å². The summed E-state index contributed by atoms with van der Waals surface area (Å²) in [6.45, 7) is 2.14. The SMILES string of the molecule is CC[C@@]1(O)C(=O)OCc2c1cc1n(c2=O)Cc2c-1nc1cc(F)c(C)c3c1c2[C@@H](NC(=O)CCCNC(=O)CNC(=O)[C@H](Cc1ccccc1)NC(=O)CNC(=O)CNC(=O)[C@H](CCCCN)NC(=O)CCCCCN1C(=O)C=CC1=O)CC3. The summed E-state index contributed by atoms with van der Waals surface area (Å²) in [5, 5.41) is 30.6. The number of carbonyl (C=O) groups excluding carboxylic acids is 10. The predicted molar refractivity (Wildman–Crippen MR) is 301 cm³/mol. The zero-order chi connectivity index (χ0) is 60.2. The summed E-state index contributed by atoms with van der Waals surface area (Å²) in [5.74, 6) is -6.17. The number of hydrogen-bond donors (Lipinski definition) is 9. The molecule has 446 valence electrons. The number of unbranched alkanes of at least 4 members (excludes halogenated alkanes) is 3. The van der Waals surface area contributed by atoms with Crippen LogP contribution in [0.2, 0.25) is 0 Å². The van der Waals surface area contributed by atoms with Gasteiger partial charge in [-0.2, -0.15) is 0 Å². The Morgan fingerprint density at radius 1 is 0.786 bits per heavy atom. The summed E-state index contributed by atoms with van der Waals surface area (Å²) in [7, 11) is 0. The Kier molecular flexibility index (Phi) is 20.1. The highest BCUT2D eigenvalue weighted by molar-refractivity contribution is 6.12. The van der Waals surface area contributed by atoms with E-state index in [2.05, 4.69) is 37.2 Å². The van der Waals surface area contributed by atoms with Crippen LogP contribution in [0.15, 0.2) is 59.4 Å². The first-order valence-electron chi connectivity index (χ1n) is 28.4. The molecular weight excluding hydrogens is 1090 g/mol. The van der Waals surface area contributed by atoms with E-state index >= 15 is 4.39 Å². The number of nitrogens with zero attached hydrogens (tertiary/aromatic N) is 3. The second kappa shape index (κ2) is 27.6. The van der Waals surface area contributed by atoms with Crippen molar-refractivity contribution in [2.45, 2.75) is 134 Å². The molecule has 24 nitrogen and oxygen atoms in total. The number of carbonyl (C=O) groups is 10. The number of aliphatic hydroxyl groups is 1. The highest BCUT2D eigenvalue weighted by Gasteiger charge is 2.46. The molecule has 1 aliphatic carbocycles. The standard InChI is InChI=1S/C59H70FN11O13/c1-3-59(83)38-26-44-54-36(31-71(44)57(81)37(38)32-84-58(59)82)53-40(19-18-35-33(2)39(60)27-42(69-54)52(35)53)66-46(73)17-12-23-62-47(74)28-65-56(80)43(25-34-13-6-4-7-14-34)68-49(76)30-63-48(75)29-64-55(79)41(15-9-10-22-61)67-45(72)16-8-5-11-24-70-50(77)20-21-51(70)78/h4,6-7,13-14,20-21,26-27,40-41,43,83H,3,5,8-12,15-19,22-25,28-32,61H2,1-2H3,(H,62,74)(H,63,75)(H,64,79)(H,65,80)(H,66,73)(H,67,72)(H,68,76)/t40-,41-,43-,59-/m0/s1. The third-order valence-electron chi connectivity index (χ3n) is 15.6. The van der Waals surface area contributed by atoms with Gasteiger partial charge in [-0.25, -0.2) is 14.2 Å². The summed E-state index contributed by atoms with van der Waals surface area (Å²) in [6.07, 6.45) is 6.38. The smallest absolute Gasteiger partial charge is 0.343 e. The molecule has 4 atom stereocenters. The lowest BCUT2D eigenvalue weighted by Crippen LogP contribution is -2.53. The molecular formula is C59H70FN11O13. The minimum Gasteiger partial charge on any atom is -0.458 e. The van der Waals surface area contributed by atoms with Gasteiger partial charge >= 0.3 is 5.97 Å². The van der Waals surface area contributed by atoms with E-state index in [-0.39, 0.29) is 93.6 Å². The number of hydrogen-bond acceptors (Lipinski definition) is 15. The zero-order valence-corrected chi connectivity index (χ0v) is 46.9. The van der Waals surface area contributed by atoms with Crippen molar-refractivity contribution in [3.8, 4) is 11.4 Å². The van der Waals surface area contributed by atoms with Crippen LogP contribution in [0.4, 0.5) is 4.39 Å². The molecule has 8 rings (SSSR count). The van der Waals surface area contributed by atoms with E-state index in [0.717, 1.165) is 10.5 Å². The Morgan fingerprint density at radius 2 is 1.46 bits per heavy atom. The minimum atomic E-state index is -2.05. The number of benzene rings is 2. The Bertz CT molecular complexity index is 3350. The van der Waals surface area contributed by atoms with E-state index in [1.807, 2.05) is 0 Å². The van der Waals surface area contributed by atoms with Gasteiger partial charge in [0.05, 0.1) is 54.7 Å². The van der Waals surface area contributed by atoms with E-state index in [1.165, 1.54) is 22.8 Å². The molecule has 0 fully saturated rings. The molecule has 0 saturated heterocycles. The summed E-state index contributed by atoms with van der Waals surface area (Å²) in [4.78, 5) is 148. The Balaban J connectivity index is 0.794. The van der Waals surface area contributed by atoms with Crippen LogP contribution in [0.3, 0.4) is 0 Å². The number of halogens is 1. The molecule has 25 heteroatoms. The van der Waals surface area contributed by atoms with Crippen LogP contribution in [0, 0.1) is 12.7 Å². The second-order valence-corrected chi connectivity index (χ2v) is 21.3. The number of cyclic esters (lactones) is 1. The molecule has 0 bridgehead atoms. The fourth-order valence-electron chi connectivity index (χ4n) is 11.0. The maximum absolute atomic E-state index is 15.4. The van der Waals surface area contributed by atoms with Crippen molar-refractivity contribution in [2.24, 2.45) is 5.73 Å². The van der Waals surface area contributed by atoms with Crippen molar-refractivity contribution in [1.29, 1.82) is 0 Å². The topological polar surface area (TPSA) is 349 Å². The lowest BCUT2D eigenvalue weighted by molar-refractivity contribution is -0.172. The number of esters is 1. The number of nitrogens with two attached hydrogens (primary N) is 1. The van der Waals surface area contributed by atoms with Gasteiger partial charge in [0.1, 0.15) is 24.5 Å². The first-order chi connectivity index (χ1) is 40.3. The molecule has 2 aromatic carbocycles. The minimum absolute atomic E-state index is 0.00961. The van der Waals surface area contributed by atoms with Crippen molar-refractivity contribution in [1.82, 2.24) is 51.7 Å². The number of imide groups is 1. The third-order valence-corrected chi connectivity index (χ3v) is 15.6. The summed E-state index contributed by atoms with van der Waals surface area (Å²) >= 11 is 0. The molecule has 0 saturated carbocycles. The zero-order valence-electron chi connectivity index (χ0n) is 46.9. The van der Waals surface area contributed by atoms with E-state index in [4.69, 9.17) is 15.5 Å². The molecule has 9 amide bonds. The molecule has 2 aromatic heterocycles. The van der Waals surface area contributed by atoms with E-state index < -0.39 is 96.1 Å². The Labute approximate surface area is 482 Å². The van der Waals surface area contributed by atoms with Crippen LogP contribution >= 0.6 is 0 Å². The fraction of sp³-hybridized carbons (Fsp3) is 0.458. The lowest BCUT2D eigenvalue weighted by atomic mass is 9.81. The first-order valence-corrected chi connectivity index (χ1v) is 28.4. The largest absolute Gasteiger partial charge is 0.458 e. The normalized spacial score (nSPS) is 17.1. The third kappa shape index (κ3) is 14.2. The van der Waals surface area contributed by atoms with E-state index in [1.54, 1.807) is 50.2 Å². The Hall–Kier alpha value is -8.71. The van der Waals surface area contributed by atoms with Crippen molar-refractivity contribution >= 4 is 70.0 Å². The number of pyridine rings is 2. The van der Waals surface area contributed by atoms with Gasteiger partial charge in [0, 0.05) is 67.1 Å². The summed E-state index contributed by atoms with van der Waals surface area (Å²) in [6, 6.07) is 8.96.